The summed E-state index contributed by atoms with van der Waals surface area (Å²) in [5.41, 5.74) is 1.04. The summed E-state index contributed by atoms with van der Waals surface area (Å²) in [7, 11) is 0. The summed E-state index contributed by atoms with van der Waals surface area (Å²) >= 11 is 0. The second-order valence-corrected chi connectivity index (χ2v) is 2.08. The highest BCUT2D eigenvalue weighted by molar-refractivity contribution is 4.97. The first-order chi connectivity index (χ1) is 4.93. The van der Waals surface area contributed by atoms with E-state index in [2.05, 4.69) is 16.3 Å². The highest BCUT2D eigenvalue weighted by Crippen LogP contribution is 1.98. The van der Waals surface area contributed by atoms with E-state index in [1.165, 1.54) is 0 Å². The van der Waals surface area contributed by atoms with Crippen LogP contribution in [0.1, 0.15) is 18.5 Å². The lowest BCUT2D eigenvalue weighted by molar-refractivity contribution is 0.816. The third-order valence-corrected chi connectivity index (χ3v) is 1.28. The van der Waals surface area contributed by atoms with Gasteiger partial charge < -0.3 is 0 Å². The molecule has 0 aliphatic carbocycles. The molecule has 0 spiro atoms. The minimum absolute atomic E-state index is 0.618. The van der Waals surface area contributed by atoms with E-state index in [9.17, 15) is 0 Å². The van der Waals surface area contributed by atoms with Crippen molar-refractivity contribution in [3.05, 3.63) is 18.0 Å². The number of hydrogen-bond acceptors (Lipinski definition) is 2. The van der Waals surface area contributed by atoms with Crippen molar-refractivity contribution < 1.29 is 0 Å². The van der Waals surface area contributed by atoms with E-state index in [1.807, 2.05) is 6.07 Å². The van der Waals surface area contributed by atoms with Gasteiger partial charge in [-0.25, -0.2) is 0 Å². The van der Waals surface area contributed by atoms with Gasteiger partial charge in [0.1, 0.15) is 0 Å². The molecule has 0 aliphatic heterocycles. The summed E-state index contributed by atoms with van der Waals surface area (Å²) in [5.74, 6) is 0. The average Bonchev–Trinajstić information content (AvgIpc) is 2.41. The van der Waals surface area contributed by atoms with E-state index in [0.29, 0.717) is 6.42 Å². The van der Waals surface area contributed by atoms with Crippen molar-refractivity contribution in [1.82, 2.24) is 10.2 Å². The molecule has 0 atom stereocenters. The first kappa shape index (κ1) is 6.81. The number of nitriles is 1. The molecule has 1 rings (SSSR count). The third kappa shape index (κ3) is 1.90. The first-order valence-electron chi connectivity index (χ1n) is 3.29. The highest BCUT2D eigenvalue weighted by Gasteiger charge is 1.92. The van der Waals surface area contributed by atoms with Gasteiger partial charge in [-0.3, -0.25) is 5.10 Å². The number of hydrogen-bond donors (Lipinski definition) is 1. The molecule has 0 saturated carbocycles. The minimum atomic E-state index is 0.618. The monoisotopic (exact) mass is 135 g/mol. The van der Waals surface area contributed by atoms with Gasteiger partial charge in [0.15, 0.2) is 0 Å². The lowest BCUT2D eigenvalue weighted by Gasteiger charge is -1.88. The smallest absolute Gasteiger partial charge is 0.0622 e. The molecule has 0 amide bonds. The number of unbranched alkanes of at least 4 members (excludes halogenated alkanes) is 1. The molecule has 1 aromatic heterocycles. The van der Waals surface area contributed by atoms with Crippen LogP contribution in [-0.4, -0.2) is 10.2 Å². The molecular formula is C7H9N3. The van der Waals surface area contributed by atoms with Gasteiger partial charge in [0, 0.05) is 12.6 Å². The molecule has 0 fully saturated rings. The van der Waals surface area contributed by atoms with Crippen LogP contribution in [0.3, 0.4) is 0 Å². The van der Waals surface area contributed by atoms with Gasteiger partial charge in [0.25, 0.3) is 0 Å². The second kappa shape index (κ2) is 3.67. The summed E-state index contributed by atoms with van der Waals surface area (Å²) < 4.78 is 0. The SMILES string of the molecule is N#CCCCc1cc[nH]n1. The molecule has 1 aromatic rings. The van der Waals surface area contributed by atoms with Gasteiger partial charge in [0.2, 0.25) is 0 Å². The predicted octanol–water partition coefficient (Wildman–Crippen LogP) is 1.26. The van der Waals surface area contributed by atoms with Crippen LogP contribution in [0.5, 0.6) is 0 Å². The topological polar surface area (TPSA) is 52.5 Å². The molecule has 3 heteroatoms. The molecule has 0 saturated heterocycles. The van der Waals surface area contributed by atoms with E-state index in [4.69, 9.17) is 5.26 Å². The first-order valence-corrected chi connectivity index (χ1v) is 3.29. The Morgan fingerprint density at radius 2 is 2.60 bits per heavy atom. The minimum Gasteiger partial charge on any atom is -0.285 e. The van der Waals surface area contributed by atoms with Gasteiger partial charge >= 0.3 is 0 Å². The summed E-state index contributed by atoms with van der Waals surface area (Å²) in [6.07, 6.45) is 4.22. The summed E-state index contributed by atoms with van der Waals surface area (Å²) in [6.45, 7) is 0. The molecule has 0 aliphatic rings. The van der Waals surface area contributed by atoms with E-state index >= 15 is 0 Å². The Kier molecular flexibility index (Phi) is 2.50. The Hall–Kier alpha value is -1.30. The van der Waals surface area contributed by atoms with Crippen LogP contribution in [0, 0.1) is 11.3 Å². The van der Waals surface area contributed by atoms with Crippen LogP contribution in [0.2, 0.25) is 0 Å². The van der Waals surface area contributed by atoms with Crippen LogP contribution >= 0.6 is 0 Å². The zero-order valence-electron chi connectivity index (χ0n) is 5.67. The van der Waals surface area contributed by atoms with Crippen molar-refractivity contribution in [3.8, 4) is 6.07 Å². The van der Waals surface area contributed by atoms with Gasteiger partial charge in [-0.15, -0.1) is 0 Å². The Balaban J connectivity index is 2.23. The number of rotatable bonds is 3. The van der Waals surface area contributed by atoms with Crippen molar-refractivity contribution in [1.29, 1.82) is 5.26 Å². The standard InChI is InChI=1S/C7H9N3/c8-5-2-1-3-7-4-6-9-10-7/h4,6H,1-3H2,(H,9,10). The number of nitrogens with one attached hydrogen (secondary N) is 1. The quantitative estimate of drug-likeness (QED) is 0.634. The van der Waals surface area contributed by atoms with Crippen LogP contribution in [0.15, 0.2) is 12.3 Å². The molecule has 0 bridgehead atoms. The fourth-order valence-electron chi connectivity index (χ4n) is 0.779. The van der Waals surface area contributed by atoms with Crippen LogP contribution in [0.25, 0.3) is 0 Å². The van der Waals surface area contributed by atoms with E-state index < -0.39 is 0 Å². The molecule has 10 heavy (non-hydrogen) atoms. The molecule has 0 unspecified atom stereocenters. The van der Waals surface area contributed by atoms with Crippen LogP contribution < -0.4 is 0 Å². The maximum absolute atomic E-state index is 8.22. The Labute approximate surface area is 59.7 Å². The third-order valence-electron chi connectivity index (χ3n) is 1.28. The maximum atomic E-state index is 8.22. The van der Waals surface area contributed by atoms with Crippen molar-refractivity contribution in [3.63, 3.8) is 0 Å². The largest absolute Gasteiger partial charge is 0.285 e. The summed E-state index contributed by atoms with van der Waals surface area (Å²) in [6, 6.07) is 4.02. The molecule has 1 N–H and O–H groups in total. The molecule has 3 nitrogen and oxygen atoms in total. The van der Waals surface area contributed by atoms with Gasteiger partial charge in [0.05, 0.1) is 11.8 Å². The fourth-order valence-corrected chi connectivity index (χ4v) is 0.779. The van der Waals surface area contributed by atoms with Crippen LogP contribution in [-0.2, 0) is 6.42 Å². The summed E-state index contributed by atoms with van der Waals surface area (Å²) in [4.78, 5) is 0. The number of H-pyrrole nitrogens is 1. The van der Waals surface area contributed by atoms with Crippen molar-refractivity contribution in [2.24, 2.45) is 0 Å². The highest BCUT2D eigenvalue weighted by atomic mass is 15.1. The van der Waals surface area contributed by atoms with E-state index in [1.54, 1.807) is 6.20 Å². The number of aromatic amines is 1. The lowest BCUT2D eigenvalue weighted by Crippen LogP contribution is -1.83. The van der Waals surface area contributed by atoms with Gasteiger partial charge in [-0.1, -0.05) is 0 Å². The molecular weight excluding hydrogens is 126 g/mol. The molecule has 52 valence electrons. The fraction of sp³-hybridized carbons (Fsp3) is 0.429. The van der Waals surface area contributed by atoms with Crippen LogP contribution in [0.4, 0.5) is 0 Å². The van der Waals surface area contributed by atoms with Gasteiger partial charge in [-0.2, -0.15) is 10.4 Å². The Morgan fingerprint density at radius 3 is 3.20 bits per heavy atom. The maximum Gasteiger partial charge on any atom is 0.0622 e. The number of aryl methyl sites for hydroxylation is 1. The van der Waals surface area contributed by atoms with E-state index in [-0.39, 0.29) is 0 Å². The lowest BCUT2D eigenvalue weighted by atomic mass is 10.2. The number of nitrogens with zero attached hydrogens (tertiary/aromatic N) is 2. The summed E-state index contributed by atoms with van der Waals surface area (Å²) in [5, 5.41) is 14.9. The zero-order chi connectivity index (χ0) is 7.23. The normalized spacial score (nSPS) is 9.10. The Bertz CT molecular complexity index is 207. The van der Waals surface area contributed by atoms with Crippen molar-refractivity contribution in [2.45, 2.75) is 19.3 Å². The molecule has 1 heterocycles. The van der Waals surface area contributed by atoms with Crippen molar-refractivity contribution >= 4 is 0 Å². The molecule has 0 aromatic carbocycles. The second-order valence-electron chi connectivity index (χ2n) is 2.08. The predicted molar refractivity (Wildman–Crippen MR) is 37.1 cm³/mol. The number of aromatic nitrogens is 2. The average molecular weight is 135 g/mol. The molecule has 0 radical (unpaired) electrons. The van der Waals surface area contributed by atoms with E-state index in [0.717, 1.165) is 18.5 Å². The van der Waals surface area contributed by atoms with Crippen molar-refractivity contribution in [2.75, 3.05) is 0 Å². The van der Waals surface area contributed by atoms with Gasteiger partial charge in [-0.05, 0) is 18.9 Å². The zero-order valence-corrected chi connectivity index (χ0v) is 5.67. The Morgan fingerprint density at radius 1 is 1.70 bits per heavy atom.